The van der Waals surface area contributed by atoms with E-state index in [0.717, 1.165) is 22.9 Å². The fourth-order valence-corrected chi connectivity index (χ4v) is 3.85. The summed E-state index contributed by atoms with van der Waals surface area (Å²) < 4.78 is 5.92. The van der Waals surface area contributed by atoms with Crippen molar-refractivity contribution in [3.05, 3.63) is 68.0 Å². The first-order chi connectivity index (χ1) is 13.3. The van der Waals surface area contributed by atoms with Crippen LogP contribution in [0.15, 0.2) is 46.3 Å². The van der Waals surface area contributed by atoms with Gasteiger partial charge in [-0.3, -0.25) is 9.59 Å². The number of aryl methyl sites for hydroxylation is 1. The summed E-state index contributed by atoms with van der Waals surface area (Å²) in [5, 5.41) is 3.49. The summed E-state index contributed by atoms with van der Waals surface area (Å²) in [6.45, 7) is 3.67. The summed E-state index contributed by atoms with van der Waals surface area (Å²) in [6.07, 6.45) is 1.60. The van der Waals surface area contributed by atoms with E-state index in [4.69, 9.17) is 27.9 Å². The highest BCUT2D eigenvalue weighted by molar-refractivity contribution is 8.18. The van der Waals surface area contributed by atoms with Crippen molar-refractivity contribution in [2.75, 3.05) is 0 Å². The smallest absolute Gasteiger partial charge is 0.286 e. The molecule has 8 heteroatoms. The van der Waals surface area contributed by atoms with Crippen molar-refractivity contribution < 1.29 is 14.3 Å². The molecule has 0 spiro atoms. The van der Waals surface area contributed by atoms with Gasteiger partial charge in [0.15, 0.2) is 5.17 Å². The number of aliphatic imine (C=N–C) groups is 1. The minimum absolute atomic E-state index is 0.235. The van der Waals surface area contributed by atoms with E-state index in [1.54, 1.807) is 18.2 Å². The average molecular weight is 435 g/mol. The summed E-state index contributed by atoms with van der Waals surface area (Å²) in [7, 11) is 0. The molecule has 2 aromatic rings. The molecule has 0 aromatic heterocycles. The van der Waals surface area contributed by atoms with E-state index in [1.807, 2.05) is 31.2 Å². The van der Waals surface area contributed by atoms with Crippen LogP contribution in [0.5, 0.6) is 5.75 Å². The van der Waals surface area contributed by atoms with E-state index in [-0.39, 0.29) is 11.1 Å². The van der Waals surface area contributed by atoms with Crippen LogP contribution in [0.4, 0.5) is 0 Å². The minimum Gasteiger partial charge on any atom is -0.487 e. The van der Waals surface area contributed by atoms with Gasteiger partial charge >= 0.3 is 0 Å². The third-order valence-corrected chi connectivity index (χ3v) is 5.13. The average Bonchev–Trinajstić information content (AvgIpc) is 2.94. The van der Waals surface area contributed by atoms with Crippen LogP contribution in [0.2, 0.25) is 10.0 Å². The van der Waals surface area contributed by atoms with Gasteiger partial charge in [-0.1, -0.05) is 53.0 Å². The van der Waals surface area contributed by atoms with E-state index < -0.39 is 5.91 Å². The number of nitrogens with one attached hydrogen (secondary N) is 1. The lowest BCUT2D eigenvalue weighted by Gasteiger charge is -2.12. The number of hydrogen-bond donors (Lipinski definition) is 1. The summed E-state index contributed by atoms with van der Waals surface area (Å²) in [5.74, 6) is -0.330. The number of amidine groups is 1. The molecule has 2 amide bonds. The zero-order valence-electron chi connectivity index (χ0n) is 15.1. The van der Waals surface area contributed by atoms with Crippen LogP contribution in [0.3, 0.4) is 0 Å². The minimum atomic E-state index is -0.450. The van der Waals surface area contributed by atoms with E-state index in [2.05, 4.69) is 10.3 Å². The molecule has 1 aliphatic rings. The zero-order valence-corrected chi connectivity index (χ0v) is 17.4. The number of carbonyl (C=O) groups excluding carboxylic acids is 2. The molecule has 0 saturated heterocycles. The molecule has 0 unspecified atom stereocenters. The number of rotatable bonds is 4. The van der Waals surface area contributed by atoms with Crippen LogP contribution in [0, 0.1) is 6.92 Å². The number of thioether (sulfide) groups is 1. The highest BCUT2D eigenvalue weighted by Gasteiger charge is 2.23. The Morgan fingerprint density at radius 1 is 1.25 bits per heavy atom. The van der Waals surface area contributed by atoms with Crippen molar-refractivity contribution in [2.24, 2.45) is 4.99 Å². The number of ether oxygens (including phenoxy) is 1. The normalized spacial score (nSPS) is 14.9. The molecule has 0 fully saturated rings. The highest BCUT2D eigenvalue weighted by Crippen LogP contribution is 2.37. The summed E-state index contributed by atoms with van der Waals surface area (Å²) in [6, 6.07) is 11.2. The van der Waals surface area contributed by atoms with Gasteiger partial charge in [-0.2, -0.15) is 4.99 Å². The second-order valence-electron chi connectivity index (χ2n) is 6.09. The van der Waals surface area contributed by atoms with Gasteiger partial charge in [-0.15, -0.1) is 0 Å². The number of hydrogen-bond acceptors (Lipinski definition) is 4. The largest absolute Gasteiger partial charge is 0.487 e. The van der Waals surface area contributed by atoms with E-state index in [0.29, 0.717) is 32.9 Å². The van der Waals surface area contributed by atoms with Crippen molar-refractivity contribution in [2.45, 2.75) is 20.5 Å². The van der Waals surface area contributed by atoms with Crippen molar-refractivity contribution in [3.63, 3.8) is 0 Å². The Bertz CT molecular complexity index is 1000. The lowest BCUT2D eigenvalue weighted by Crippen LogP contribution is -2.23. The Morgan fingerprint density at radius 3 is 2.64 bits per heavy atom. The third-order valence-electron chi connectivity index (χ3n) is 3.73. The van der Waals surface area contributed by atoms with Gasteiger partial charge in [-0.05, 0) is 42.5 Å². The Hall–Kier alpha value is -2.28. The summed E-state index contributed by atoms with van der Waals surface area (Å²) >= 11 is 13.5. The fourth-order valence-electron chi connectivity index (χ4n) is 2.43. The predicted octanol–water partition coefficient (Wildman–Crippen LogP) is 4.99. The molecule has 3 rings (SSSR count). The molecule has 1 N–H and O–H groups in total. The first-order valence-electron chi connectivity index (χ1n) is 8.29. The first kappa shape index (κ1) is 20.5. The molecule has 0 bridgehead atoms. The van der Waals surface area contributed by atoms with Crippen LogP contribution in [-0.4, -0.2) is 17.0 Å². The molecule has 28 heavy (non-hydrogen) atoms. The molecule has 2 aromatic carbocycles. The molecule has 0 saturated carbocycles. The van der Waals surface area contributed by atoms with Crippen molar-refractivity contribution >= 4 is 58.0 Å². The summed E-state index contributed by atoms with van der Waals surface area (Å²) in [4.78, 5) is 27.4. The Balaban J connectivity index is 1.86. The van der Waals surface area contributed by atoms with Gasteiger partial charge in [0, 0.05) is 17.5 Å². The predicted molar refractivity (Wildman–Crippen MR) is 114 cm³/mol. The Morgan fingerprint density at radius 2 is 1.96 bits per heavy atom. The van der Waals surface area contributed by atoms with E-state index >= 15 is 0 Å². The maximum absolute atomic E-state index is 12.1. The van der Waals surface area contributed by atoms with Crippen LogP contribution in [0.1, 0.15) is 23.6 Å². The van der Waals surface area contributed by atoms with Gasteiger partial charge < -0.3 is 10.1 Å². The number of nitrogens with zero attached hydrogens (tertiary/aromatic N) is 1. The van der Waals surface area contributed by atoms with E-state index in [9.17, 15) is 9.59 Å². The standard InChI is InChI=1S/C20H16Cl2N2O3S/c1-11-3-5-13(6-4-11)10-27-18-14(7-15(21)9-16(18)22)8-17-19(26)24-20(28-17)23-12(2)25/h3-9H,10H2,1-2H3,(H,23,24,25,26)/b17-8+. The second kappa shape index (κ2) is 8.82. The first-order valence-corrected chi connectivity index (χ1v) is 9.86. The molecule has 144 valence electrons. The number of carbonyl (C=O) groups is 2. The van der Waals surface area contributed by atoms with E-state index in [1.165, 1.54) is 6.92 Å². The topological polar surface area (TPSA) is 67.8 Å². The molecule has 5 nitrogen and oxygen atoms in total. The van der Waals surface area contributed by atoms with Crippen molar-refractivity contribution in [3.8, 4) is 5.75 Å². The number of benzene rings is 2. The zero-order chi connectivity index (χ0) is 20.3. The summed E-state index contributed by atoms with van der Waals surface area (Å²) in [5.41, 5.74) is 2.70. The molecule has 0 atom stereocenters. The molecule has 0 aliphatic carbocycles. The third kappa shape index (κ3) is 5.16. The van der Waals surface area contributed by atoms with Crippen LogP contribution in [-0.2, 0) is 16.2 Å². The fraction of sp³-hybridized carbons (Fsp3) is 0.150. The van der Waals surface area contributed by atoms with Gasteiger partial charge in [0.2, 0.25) is 5.91 Å². The van der Waals surface area contributed by atoms with Gasteiger partial charge in [0.25, 0.3) is 5.91 Å². The monoisotopic (exact) mass is 434 g/mol. The Labute approximate surface area is 176 Å². The number of halogens is 2. The maximum atomic E-state index is 12.1. The van der Waals surface area contributed by atoms with Gasteiger partial charge in [0.05, 0.1) is 9.93 Å². The van der Waals surface area contributed by atoms with Crippen molar-refractivity contribution in [1.29, 1.82) is 0 Å². The second-order valence-corrected chi connectivity index (χ2v) is 7.97. The quantitative estimate of drug-likeness (QED) is 0.688. The van der Waals surface area contributed by atoms with Crippen molar-refractivity contribution in [1.82, 2.24) is 5.32 Å². The van der Waals surface area contributed by atoms with Crippen LogP contribution in [0.25, 0.3) is 6.08 Å². The molecular formula is C20H16Cl2N2O3S. The van der Waals surface area contributed by atoms with Gasteiger partial charge in [0.1, 0.15) is 12.4 Å². The molecule has 1 aliphatic heterocycles. The van der Waals surface area contributed by atoms with Gasteiger partial charge in [-0.25, -0.2) is 0 Å². The number of amides is 2. The molecule has 1 heterocycles. The molecule has 0 radical (unpaired) electrons. The van der Waals surface area contributed by atoms with Crippen LogP contribution < -0.4 is 10.1 Å². The molecular weight excluding hydrogens is 419 g/mol. The lowest BCUT2D eigenvalue weighted by atomic mass is 10.1. The van der Waals surface area contributed by atoms with Crippen LogP contribution >= 0.6 is 35.0 Å². The lowest BCUT2D eigenvalue weighted by molar-refractivity contribution is -0.117. The Kier molecular flexibility index (Phi) is 6.44. The highest BCUT2D eigenvalue weighted by atomic mass is 35.5. The SMILES string of the molecule is CC(=O)NC1=NC(=O)/C(=C\c2cc(Cl)cc(Cl)c2OCc2ccc(C)cc2)S1. The maximum Gasteiger partial charge on any atom is 0.286 e.